The van der Waals surface area contributed by atoms with E-state index in [-0.39, 0.29) is 17.9 Å². The fraction of sp³-hybridized carbons (Fsp3) is 0.533. The predicted octanol–water partition coefficient (Wildman–Crippen LogP) is 2.56. The van der Waals surface area contributed by atoms with Gasteiger partial charge >= 0.3 is 6.03 Å². The Labute approximate surface area is 118 Å². The number of nitrogens with one attached hydrogen (secondary N) is 1. The number of methoxy groups -OCH3 is 1. The van der Waals surface area contributed by atoms with Crippen molar-refractivity contribution in [1.82, 2.24) is 10.2 Å². The summed E-state index contributed by atoms with van der Waals surface area (Å²) in [6, 6.07) is 6.34. The summed E-state index contributed by atoms with van der Waals surface area (Å²) in [6.07, 6.45) is 0.862. The van der Waals surface area contributed by atoms with E-state index >= 15 is 0 Å². The molecular formula is C15H21FN2O2. The molecule has 2 amide bonds. The highest BCUT2D eigenvalue weighted by atomic mass is 19.1. The number of ether oxygens (including phenoxy) is 1. The fourth-order valence-corrected chi connectivity index (χ4v) is 2.66. The van der Waals surface area contributed by atoms with Gasteiger partial charge in [-0.25, -0.2) is 9.18 Å². The average molecular weight is 280 g/mol. The molecular weight excluding hydrogens is 259 g/mol. The van der Waals surface area contributed by atoms with Crippen LogP contribution in [-0.2, 0) is 4.74 Å². The zero-order valence-electron chi connectivity index (χ0n) is 11.9. The maximum atomic E-state index is 13.4. The maximum Gasteiger partial charge on any atom is 0.318 e. The highest BCUT2D eigenvalue weighted by molar-refractivity contribution is 5.75. The van der Waals surface area contributed by atoms with Gasteiger partial charge in [0.1, 0.15) is 5.82 Å². The molecule has 2 rings (SSSR count). The molecule has 1 fully saturated rings. The van der Waals surface area contributed by atoms with Crippen LogP contribution in [0.25, 0.3) is 0 Å². The minimum atomic E-state index is -0.262. The van der Waals surface area contributed by atoms with Crippen molar-refractivity contribution < 1.29 is 13.9 Å². The molecule has 2 atom stereocenters. The van der Waals surface area contributed by atoms with Crippen molar-refractivity contribution in [2.45, 2.75) is 19.4 Å². The number of carbonyl (C=O) groups is 1. The summed E-state index contributed by atoms with van der Waals surface area (Å²) < 4.78 is 18.3. The van der Waals surface area contributed by atoms with Gasteiger partial charge in [0.25, 0.3) is 0 Å². The molecule has 1 aliphatic rings. The molecule has 0 saturated carbocycles. The molecule has 1 heterocycles. The molecule has 1 saturated heterocycles. The van der Waals surface area contributed by atoms with E-state index in [9.17, 15) is 9.18 Å². The second kappa shape index (κ2) is 6.70. The van der Waals surface area contributed by atoms with E-state index in [2.05, 4.69) is 12.2 Å². The van der Waals surface area contributed by atoms with Crippen LogP contribution in [0, 0.1) is 11.7 Å². The Kier molecular flexibility index (Phi) is 4.95. The summed E-state index contributed by atoms with van der Waals surface area (Å²) in [6.45, 7) is 3.77. The zero-order valence-corrected chi connectivity index (χ0v) is 11.9. The Morgan fingerprint density at radius 1 is 1.55 bits per heavy atom. The predicted molar refractivity (Wildman–Crippen MR) is 74.9 cm³/mol. The van der Waals surface area contributed by atoms with E-state index in [4.69, 9.17) is 4.74 Å². The fourth-order valence-electron chi connectivity index (χ4n) is 2.66. The lowest BCUT2D eigenvalue weighted by atomic mass is 10.0. The molecule has 1 aliphatic heterocycles. The van der Waals surface area contributed by atoms with Gasteiger partial charge in [-0.2, -0.15) is 0 Å². The first kappa shape index (κ1) is 14.8. The van der Waals surface area contributed by atoms with Crippen LogP contribution in [0.2, 0.25) is 0 Å². The second-order valence-electron chi connectivity index (χ2n) is 5.29. The summed E-state index contributed by atoms with van der Waals surface area (Å²) in [5.74, 6) is 0.151. The molecule has 1 N–H and O–H groups in total. The van der Waals surface area contributed by atoms with Crippen molar-refractivity contribution in [3.8, 4) is 0 Å². The first-order chi connectivity index (χ1) is 9.61. The first-order valence-electron chi connectivity index (χ1n) is 6.90. The molecule has 0 spiro atoms. The van der Waals surface area contributed by atoms with Gasteiger partial charge in [0, 0.05) is 20.2 Å². The van der Waals surface area contributed by atoms with Crippen LogP contribution in [0.1, 0.15) is 24.9 Å². The monoisotopic (exact) mass is 280 g/mol. The van der Waals surface area contributed by atoms with Crippen molar-refractivity contribution in [3.05, 3.63) is 35.6 Å². The van der Waals surface area contributed by atoms with Crippen LogP contribution in [0.4, 0.5) is 9.18 Å². The number of amides is 2. The van der Waals surface area contributed by atoms with Gasteiger partial charge in [0.2, 0.25) is 0 Å². The average Bonchev–Trinajstić information content (AvgIpc) is 2.81. The first-order valence-corrected chi connectivity index (χ1v) is 6.90. The summed E-state index contributed by atoms with van der Waals surface area (Å²) in [7, 11) is 1.60. The molecule has 20 heavy (non-hydrogen) atoms. The number of nitrogens with zero attached hydrogens (tertiary/aromatic N) is 1. The highest BCUT2D eigenvalue weighted by Gasteiger charge is 2.34. The molecule has 0 aromatic heterocycles. The molecule has 110 valence electrons. The van der Waals surface area contributed by atoms with Crippen molar-refractivity contribution in [1.29, 1.82) is 0 Å². The molecule has 0 radical (unpaired) electrons. The van der Waals surface area contributed by atoms with Gasteiger partial charge in [0.05, 0.1) is 12.6 Å². The molecule has 1 aromatic carbocycles. The molecule has 0 aliphatic carbocycles. The number of carbonyl (C=O) groups excluding carboxylic acids is 1. The second-order valence-corrected chi connectivity index (χ2v) is 5.29. The number of rotatable bonds is 4. The zero-order chi connectivity index (χ0) is 14.5. The standard InChI is InChI=1S/C15H21FN2O2/c1-11-8-14(12-4-3-5-13(16)9-12)18(10-11)15(19)17-6-7-20-2/h3-5,9,11,14H,6-8,10H2,1-2H3,(H,17,19). The maximum absolute atomic E-state index is 13.4. The summed E-state index contributed by atoms with van der Waals surface area (Å²) in [5.41, 5.74) is 0.858. The number of urea groups is 1. The van der Waals surface area contributed by atoms with E-state index in [0.29, 0.717) is 25.6 Å². The Hall–Kier alpha value is -1.62. The van der Waals surface area contributed by atoms with E-state index in [1.807, 2.05) is 6.07 Å². The summed E-state index contributed by atoms with van der Waals surface area (Å²) >= 11 is 0. The van der Waals surface area contributed by atoms with E-state index in [0.717, 1.165) is 12.0 Å². The van der Waals surface area contributed by atoms with Gasteiger partial charge in [-0.3, -0.25) is 0 Å². The minimum Gasteiger partial charge on any atom is -0.383 e. The van der Waals surface area contributed by atoms with Crippen molar-refractivity contribution in [2.75, 3.05) is 26.8 Å². The van der Waals surface area contributed by atoms with Crippen LogP contribution in [-0.4, -0.2) is 37.7 Å². The molecule has 5 heteroatoms. The van der Waals surface area contributed by atoms with E-state index in [1.165, 1.54) is 12.1 Å². The van der Waals surface area contributed by atoms with Crippen LogP contribution in [0.5, 0.6) is 0 Å². The summed E-state index contributed by atoms with van der Waals surface area (Å²) in [5, 5.41) is 2.83. The van der Waals surface area contributed by atoms with E-state index in [1.54, 1.807) is 18.1 Å². The minimum absolute atomic E-state index is 0.0526. The SMILES string of the molecule is COCCNC(=O)N1CC(C)CC1c1cccc(F)c1. The largest absolute Gasteiger partial charge is 0.383 e. The van der Waals surface area contributed by atoms with Crippen LogP contribution in [0.3, 0.4) is 0 Å². The van der Waals surface area contributed by atoms with Gasteiger partial charge < -0.3 is 15.0 Å². The molecule has 4 nitrogen and oxygen atoms in total. The third-order valence-electron chi connectivity index (χ3n) is 3.59. The Balaban J connectivity index is 2.08. The number of hydrogen-bond donors (Lipinski definition) is 1. The highest BCUT2D eigenvalue weighted by Crippen LogP contribution is 2.35. The number of halogens is 1. The normalized spacial score (nSPS) is 22.1. The van der Waals surface area contributed by atoms with Gasteiger partial charge in [-0.05, 0) is 30.0 Å². The van der Waals surface area contributed by atoms with Crippen LogP contribution < -0.4 is 5.32 Å². The van der Waals surface area contributed by atoms with Crippen LogP contribution in [0.15, 0.2) is 24.3 Å². The Bertz CT molecular complexity index is 467. The van der Waals surface area contributed by atoms with E-state index < -0.39 is 0 Å². The Morgan fingerprint density at radius 2 is 2.35 bits per heavy atom. The number of hydrogen-bond acceptors (Lipinski definition) is 2. The van der Waals surface area contributed by atoms with Gasteiger partial charge in [-0.15, -0.1) is 0 Å². The lowest BCUT2D eigenvalue weighted by Gasteiger charge is -2.25. The van der Waals surface area contributed by atoms with Crippen molar-refractivity contribution >= 4 is 6.03 Å². The smallest absolute Gasteiger partial charge is 0.318 e. The Morgan fingerprint density at radius 3 is 3.05 bits per heavy atom. The molecule has 1 aromatic rings. The molecule has 2 unspecified atom stereocenters. The van der Waals surface area contributed by atoms with Crippen molar-refractivity contribution in [2.24, 2.45) is 5.92 Å². The lowest BCUT2D eigenvalue weighted by molar-refractivity contribution is 0.176. The van der Waals surface area contributed by atoms with Crippen LogP contribution >= 0.6 is 0 Å². The van der Waals surface area contributed by atoms with Gasteiger partial charge in [0.15, 0.2) is 0 Å². The number of likely N-dealkylation sites (tertiary alicyclic amines) is 1. The molecule has 0 bridgehead atoms. The quantitative estimate of drug-likeness (QED) is 0.861. The third kappa shape index (κ3) is 3.48. The lowest BCUT2D eigenvalue weighted by Crippen LogP contribution is -2.41. The summed E-state index contributed by atoms with van der Waals surface area (Å²) in [4.78, 5) is 14.0. The van der Waals surface area contributed by atoms with Gasteiger partial charge in [-0.1, -0.05) is 19.1 Å². The van der Waals surface area contributed by atoms with Crippen molar-refractivity contribution in [3.63, 3.8) is 0 Å². The third-order valence-corrected chi connectivity index (χ3v) is 3.59. The number of benzene rings is 1. The topological polar surface area (TPSA) is 41.6 Å².